The number of hydrogen-bond acceptors (Lipinski definition) is 3. The fraction of sp³-hybridized carbons (Fsp3) is 0.467. The molecule has 3 heteroatoms. The van der Waals surface area contributed by atoms with E-state index in [9.17, 15) is 5.11 Å². The van der Waals surface area contributed by atoms with Crippen molar-refractivity contribution in [2.24, 2.45) is 0 Å². The van der Waals surface area contributed by atoms with Gasteiger partial charge in [-0.25, -0.2) is 0 Å². The van der Waals surface area contributed by atoms with Crippen LogP contribution in [0.1, 0.15) is 25.3 Å². The molecule has 1 aromatic rings. The van der Waals surface area contributed by atoms with E-state index >= 15 is 0 Å². The minimum absolute atomic E-state index is 0.327. The lowest BCUT2D eigenvalue weighted by atomic mass is 10.2. The lowest BCUT2D eigenvalue weighted by Crippen LogP contribution is -1.99. The molecule has 0 amide bonds. The highest BCUT2D eigenvalue weighted by molar-refractivity contribution is 5.26. The monoisotopic (exact) mass is 250 g/mol. The van der Waals surface area contributed by atoms with Crippen LogP contribution in [-0.2, 0) is 11.3 Å². The third kappa shape index (κ3) is 5.84. The van der Waals surface area contributed by atoms with Gasteiger partial charge in [0.05, 0.1) is 26.4 Å². The molecule has 0 aromatic heterocycles. The van der Waals surface area contributed by atoms with Gasteiger partial charge in [-0.15, -0.1) is 0 Å². The quantitative estimate of drug-likeness (QED) is 0.569. The lowest BCUT2D eigenvalue weighted by molar-refractivity contribution is 0.125. The van der Waals surface area contributed by atoms with Crippen LogP contribution >= 0.6 is 0 Å². The van der Waals surface area contributed by atoms with Crippen LogP contribution in [0.4, 0.5) is 0 Å². The Hall–Kier alpha value is -1.32. The Morgan fingerprint density at radius 3 is 2.61 bits per heavy atom. The third-order valence-corrected chi connectivity index (χ3v) is 2.63. The molecular weight excluding hydrogens is 228 g/mol. The largest absolute Gasteiger partial charge is 0.497 e. The fourth-order valence-electron chi connectivity index (χ4n) is 1.45. The Bertz CT molecular complexity index is 343. The van der Waals surface area contributed by atoms with Gasteiger partial charge in [0.2, 0.25) is 0 Å². The van der Waals surface area contributed by atoms with E-state index in [1.54, 1.807) is 7.11 Å². The zero-order chi connectivity index (χ0) is 13.2. The summed E-state index contributed by atoms with van der Waals surface area (Å²) in [5.41, 5.74) is 1.13. The summed E-state index contributed by atoms with van der Waals surface area (Å²) >= 11 is 0. The van der Waals surface area contributed by atoms with Gasteiger partial charge in [-0.2, -0.15) is 0 Å². The zero-order valence-electron chi connectivity index (χ0n) is 11.1. The minimum atomic E-state index is -0.327. The van der Waals surface area contributed by atoms with Crippen LogP contribution in [0, 0.1) is 0 Å². The highest BCUT2D eigenvalue weighted by atomic mass is 16.5. The van der Waals surface area contributed by atoms with E-state index < -0.39 is 0 Å². The molecule has 0 saturated carbocycles. The van der Waals surface area contributed by atoms with Crippen molar-refractivity contribution in [3.05, 3.63) is 42.0 Å². The molecule has 100 valence electrons. The molecule has 0 heterocycles. The van der Waals surface area contributed by atoms with Crippen molar-refractivity contribution in [2.75, 3.05) is 13.7 Å². The van der Waals surface area contributed by atoms with Gasteiger partial charge >= 0.3 is 0 Å². The van der Waals surface area contributed by atoms with Crippen molar-refractivity contribution in [1.29, 1.82) is 0 Å². The summed E-state index contributed by atoms with van der Waals surface area (Å²) in [5, 5.41) is 9.30. The van der Waals surface area contributed by atoms with Crippen LogP contribution in [0.3, 0.4) is 0 Å². The first-order valence-electron chi connectivity index (χ1n) is 6.31. The molecule has 3 nitrogen and oxygen atoms in total. The molecule has 1 rings (SSSR count). The molecule has 1 atom stereocenters. The molecule has 0 unspecified atom stereocenters. The second-order valence-corrected chi connectivity index (χ2v) is 4.09. The summed E-state index contributed by atoms with van der Waals surface area (Å²) < 4.78 is 10.6. The first kappa shape index (κ1) is 14.7. The Kier molecular flexibility index (Phi) is 7.14. The van der Waals surface area contributed by atoms with Gasteiger partial charge in [-0.05, 0) is 30.5 Å². The molecule has 0 saturated heterocycles. The molecule has 0 radical (unpaired) electrons. The van der Waals surface area contributed by atoms with Crippen LogP contribution in [0.25, 0.3) is 0 Å². The third-order valence-electron chi connectivity index (χ3n) is 2.63. The standard InChI is InChI=1S/C15H22O3/c1-3-14(16)6-4-5-11-18-12-13-7-9-15(17-2)10-8-13/h4,6-10,14,16H,3,5,11-12H2,1-2H3/b6-4+/t14-/m1/s1. The number of benzene rings is 1. The predicted molar refractivity (Wildman–Crippen MR) is 72.7 cm³/mol. The first-order chi connectivity index (χ1) is 8.76. The van der Waals surface area contributed by atoms with Crippen molar-refractivity contribution in [3.63, 3.8) is 0 Å². The molecule has 0 aliphatic heterocycles. The topological polar surface area (TPSA) is 38.7 Å². The van der Waals surface area contributed by atoms with E-state index in [2.05, 4.69) is 0 Å². The van der Waals surface area contributed by atoms with Crippen molar-refractivity contribution >= 4 is 0 Å². The molecule has 1 aromatic carbocycles. The molecule has 0 aliphatic rings. The molecule has 0 aliphatic carbocycles. The van der Waals surface area contributed by atoms with Crippen molar-refractivity contribution in [1.82, 2.24) is 0 Å². The Morgan fingerprint density at radius 1 is 1.28 bits per heavy atom. The Morgan fingerprint density at radius 2 is 2.00 bits per heavy atom. The maximum absolute atomic E-state index is 9.30. The SMILES string of the molecule is CC[C@@H](O)/C=C/CCOCc1ccc(OC)cc1. The average Bonchev–Trinajstić information content (AvgIpc) is 2.43. The van der Waals surface area contributed by atoms with Crippen molar-refractivity contribution in [2.45, 2.75) is 32.5 Å². The highest BCUT2D eigenvalue weighted by Crippen LogP contribution is 2.11. The molecule has 1 N–H and O–H groups in total. The fourth-order valence-corrected chi connectivity index (χ4v) is 1.45. The second kappa shape index (κ2) is 8.72. The predicted octanol–water partition coefficient (Wildman–Crippen LogP) is 2.93. The smallest absolute Gasteiger partial charge is 0.118 e. The maximum Gasteiger partial charge on any atom is 0.118 e. The Balaban J connectivity index is 2.15. The normalized spacial score (nSPS) is 12.8. The molecule has 0 fully saturated rings. The summed E-state index contributed by atoms with van der Waals surface area (Å²) in [6, 6.07) is 7.84. The van der Waals surface area contributed by atoms with Crippen molar-refractivity contribution < 1.29 is 14.6 Å². The molecule has 0 bridgehead atoms. The second-order valence-electron chi connectivity index (χ2n) is 4.09. The van der Waals surface area contributed by atoms with Gasteiger partial charge in [0.25, 0.3) is 0 Å². The summed E-state index contributed by atoms with van der Waals surface area (Å²) in [7, 11) is 1.66. The molecule has 18 heavy (non-hydrogen) atoms. The van der Waals surface area contributed by atoms with Crippen LogP contribution in [0.15, 0.2) is 36.4 Å². The molecular formula is C15H22O3. The molecule has 0 spiro atoms. The van der Waals surface area contributed by atoms with E-state index in [0.29, 0.717) is 13.2 Å². The Labute approximate surface area is 109 Å². The van der Waals surface area contributed by atoms with Crippen molar-refractivity contribution in [3.8, 4) is 5.75 Å². The van der Waals surface area contributed by atoms with Gasteiger partial charge < -0.3 is 14.6 Å². The van der Waals surface area contributed by atoms with Gasteiger partial charge in [-0.3, -0.25) is 0 Å². The van der Waals surface area contributed by atoms with Gasteiger partial charge in [0.15, 0.2) is 0 Å². The van der Waals surface area contributed by atoms with E-state index in [1.807, 2.05) is 43.3 Å². The van der Waals surface area contributed by atoms with Gasteiger partial charge in [0, 0.05) is 0 Å². The number of ether oxygens (including phenoxy) is 2. The maximum atomic E-state index is 9.30. The van der Waals surface area contributed by atoms with E-state index in [-0.39, 0.29) is 6.10 Å². The summed E-state index contributed by atoms with van der Waals surface area (Å²) in [6.45, 7) is 3.22. The van der Waals surface area contributed by atoms with E-state index in [0.717, 1.165) is 24.2 Å². The van der Waals surface area contributed by atoms with E-state index in [4.69, 9.17) is 9.47 Å². The minimum Gasteiger partial charge on any atom is -0.497 e. The number of rotatable bonds is 8. The lowest BCUT2D eigenvalue weighted by Gasteiger charge is -2.04. The van der Waals surface area contributed by atoms with Crippen LogP contribution in [0.5, 0.6) is 5.75 Å². The van der Waals surface area contributed by atoms with Gasteiger partial charge in [0.1, 0.15) is 5.75 Å². The highest BCUT2D eigenvalue weighted by Gasteiger charge is 1.95. The number of methoxy groups -OCH3 is 1. The summed E-state index contributed by atoms with van der Waals surface area (Å²) in [6.07, 6.45) is 5.03. The van der Waals surface area contributed by atoms with Crippen LogP contribution < -0.4 is 4.74 Å². The summed E-state index contributed by atoms with van der Waals surface area (Å²) in [4.78, 5) is 0. The number of aliphatic hydroxyl groups is 1. The van der Waals surface area contributed by atoms with E-state index in [1.165, 1.54) is 0 Å². The number of hydrogen-bond donors (Lipinski definition) is 1. The zero-order valence-corrected chi connectivity index (χ0v) is 11.1. The first-order valence-corrected chi connectivity index (χ1v) is 6.31. The van der Waals surface area contributed by atoms with Gasteiger partial charge in [-0.1, -0.05) is 31.2 Å². The van der Waals surface area contributed by atoms with Crippen LogP contribution in [0.2, 0.25) is 0 Å². The van der Waals surface area contributed by atoms with Crippen LogP contribution in [-0.4, -0.2) is 24.9 Å². The number of aliphatic hydroxyl groups excluding tert-OH is 1. The average molecular weight is 250 g/mol. The summed E-state index contributed by atoms with van der Waals surface area (Å²) in [5.74, 6) is 0.857.